The fourth-order valence-corrected chi connectivity index (χ4v) is 2.57. The zero-order valence-corrected chi connectivity index (χ0v) is 11.9. The summed E-state index contributed by atoms with van der Waals surface area (Å²) in [6.07, 6.45) is 0. The third-order valence-electron chi connectivity index (χ3n) is 2.70. The van der Waals surface area contributed by atoms with Crippen LogP contribution in [0.4, 0.5) is 0 Å². The van der Waals surface area contributed by atoms with E-state index < -0.39 is 0 Å². The van der Waals surface area contributed by atoms with Gasteiger partial charge in [-0.25, -0.2) is 4.98 Å². The predicted octanol–water partition coefficient (Wildman–Crippen LogP) is 4.52. The first kappa shape index (κ1) is 12.4. The van der Waals surface area contributed by atoms with Crippen LogP contribution in [0.3, 0.4) is 0 Å². The molecule has 17 heavy (non-hydrogen) atoms. The molecule has 1 aromatic carbocycles. The van der Waals surface area contributed by atoms with Crippen molar-refractivity contribution in [2.45, 2.75) is 26.7 Å². The van der Waals surface area contributed by atoms with Gasteiger partial charge in [0.15, 0.2) is 0 Å². The summed E-state index contributed by atoms with van der Waals surface area (Å²) < 4.78 is 6.44. The molecule has 1 aromatic heterocycles. The molecule has 2 nitrogen and oxygen atoms in total. The van der Waals surface area contributed by atoms with Crippen molar-refractivity contribution in [3.05, 3.63) is 34.4 Å². The standard InChI is InChI=1S/C14H16BrNO/c1-4-17-11-5-6-13-10(7-11)8-12(9(2)3)14(15)16-13/h5-9H,4H2,1-3H3. The maximum Gasteiger partial charge on any atom is 0.120 e. The molecule has 0 aliphatic carbocycles. The monoisotopic (exact) mass is 293 g/mol. The van der Waals surface area contributed by atoms with Gasteiger partial charge < -0.3 is 4.74 Å². The van der Waals surface area contributed by atoms with Crippen LogP contribution in [0.2, 0.25) is 0 Å². The number of rotatable bonds is 3. The Morgan fingerprint density at radius 1 is 1.29 bits per heavy atom. The lowest BCUT2D eigenvalue weighted by molar-refractivity contribution is 0.340. The first-order chi connectivity index (χ1) is 8.11. The number of benzene rings is 1. The number of halogens is 1. The minimum absolute atomic E-state index is 0.456. The van der Waals surface area contributed by atoms with Crippen molar-refractivity contribution in [2.24, 2.45) is 0 Å². The SMILES string of the molecule is CCOc1ccc2nc(Br)c(C(C)C)cc2c1. The predicted molar refractivity (Wildman–Crippen MR) is 74.7 cm³/mol. The second-order valence-electron chi connectivity index (χ2n) is 4.31. The lowest BCUT2D eigenvalue weighted by Gasteiger charge is -2.10. The van der Waals surface area contributed by atoms with E-state index in [1.807, 2.05) is 25.1 Å². The van der Waals surface area contributed by atoms with Crippen LogP contribution in [0.5, 0.6) is 5.75 Å². The molecule has 0 saturated heterocycles. The number of aromatic nitrogens is 1. The summed E-state index contributed by atoms with van der Waals surface area (Å²) in [5, 5.41) is 1.13. The average Bonchev–Trinajstić information content (AvgIpc) is 2.28. The Morgan fingerprint density at radius 2 is 2.06 bits per heavy atom. The second kappa shape index (κ2) is 5.05. The topological polar surface area (TPSA) is 22.1 Å². The van der Waals surface area contributed by atoms with Gasteiger partial charge in [-0.2, -0.15) is 0 Å². The lowest BCUT2D eigenvalue weighted by Crippen LogP contribution is -1.95. The molecule has 0 amide bonds. The van der Waals surface area contributed by atoms with Gasteiger partial charge in [-0.1, -0.05) is 13.8 Å². The van der Waals surface area contributed by atoms with Gasteiger partial charge in [-0.3, -0.25) is 0 Å². The highest BCUT2D eigenvalue weighted by Gasteiger charge is 2.08. The minimum atomic E-state index is 0.456. The van der Waals surface area contributed by atoms with Crippen molar-refractivity contribution in [3.63, 3.8) is 0 Å². The summed E-state index contributed by atoms with van der Waals surface area (Å²) in [4.78, 5) is 4.56. The molecule has 2 rings (SSSR count). The van der Waals surface area contributed by atoms with E-state index in [0.717, 1.165) is 21.3 Å². The smallest absolute Gasteiger partial charge is 0.120 e. The molecule has 0 N–H and O–H groups in total. The van der Waals surface area contributed by atoms with Crippen LogP contribution in [0.1, 0.15) is 32.3 Å². The van der Waals surface area contributed by atoms with Crippen molar-refractivity contribution < 1.29 is 4.74 Å². The molecule has 90 valence electrons. The van der Waals surface area contributed by atoms with Crippen LogP contribution < -0.4 is 4.74 Å². The lowest BCUT2D eigenvalue weighted by atomic mass is 10.0. The maximum atomic E-state index is 5.51. The molecule has 0 atom stereocenters. The fraction of sp³-hybridized carbons (Fsp3) is 0.357. The van der Waals surface area contributed by atoms with Gasteiger partial charge in [-0.15, -0.1) is 0 Å². The number of nitrogens with zero attached hydrogens (tertiary/aromatic N) is 1. The molecule has 0 radical (unpaired) electrons. The Labute approximate surface area is 110 Å². The largest absolute Gasteiger partial charge is 0.494 e. The van der Waals surface area contributed by atoms with E-state index in [0.29, 0.717) is 12.5 Å². The van der Waals surface area contributed by atoms with E-state index in [1.165, 1.54) is 5.56 Å². The molecular formula is C14H16BrNO. The highest BCUT2D eigenvalue weighted by atomic mass is 79.9. The Bertz CT molecular complexity index is 537. The summed E-state index contributed by atoms with van der Waals surface area (Å²) in [6, 6.07) is 8.18. The van der Waals surface area contributed by atoms with Crippen LogP contribution >= 0.6 is 15.9 Å². The zero-order valence-electron chi connectivity index (χ0n) is 10.3. The van der Waals surface area contributed by atoms with Crippen molar-refractivity contribution in [1.29, 1.82) is 0 Å². The first-order valence-electron chi connectivity index (χ1n) is 5.84. The molecule has 1 heterocycles. The highest BCUT2D eigenvalue weighted by Crippen LogP contribution is 2.28. The van der Waals surface area contributed by atoms with E-state index in [1.54, 1.807) is 0 Å². The van der Waals surface area contributed by atoms with Crippen LogP contribution in [0.25, 0.3) is 10.9 Å². The number of fused-ring (bicyclic) bond motifs is 1. The summed E-state index contributed by atoms with van der Waals surface area (Å²) in [5.41, 5.74) is 2.22. The maximum absolute atomic E-state index is 5.51. The molecule has 0 fully saturated rings. The first-order valence-corrected chi connectivity index (χ1v) is 6.64. The van der Waals surface area contributed by atoms with E-state index in [2.05, 4.69) is 40.8 Å². The van der Waals surface area contributed by atoms with Gasteiger partial charge in [0.25, 0.3) is 0 Å². The van der Waals surface area contributed by atoms with Crippen molar-refractivity contribution >= 4 is 26.8 Å². The van der Waals surface area contributed by atoms with Gasteiger partial charge in [0.05, 0.1) is 12.1 Å². The number of ether oxygens (including phenoxy) is 1. The molecule has 0 saturated carbocycles. The van der Waals surface area contributed by atoms with Gasteiger partial charge in [-0.05, 0) is 58.6 Å². The van der Waals surface area contributed by atoms with Crippen LogP contribution in [0.15, 0.2) is 28.9 Å². The molecule has 0 aliphatic heterocycles. The molecule has 0 unspecified atom stereocenters. The third-order valence-corrected chi connectivity index (χ3v) is 3.33. The summed E-state index contributed by atoms with van der Waals surface area (Å²) in [6.45, 7) is 7.01. The Morgan fingerprint density at radius 3 is 2.71 bits per heavy atom. The average molecular weight is 294 g/mol. The molecule has 0 bridgehead atoms. The summed E-state index contributed by atoms with van der Waals surface area (Å²) in [7, 11) is 0. The Hall–Kier alpha value is -1.09. The van der Waals surface area contributed by atoms with Gasteiger partial charge in [0, 0.05) is 5.39 Å². The van der Waals surface area contributed by atoms with E-state index in [4.69, 9.17) is 4.74 Å². The quantitative estimate of drug-likeness (QED) is 0.776. The van der Waals surface area contributed by atoms with E-state index in [9.17, 15) is 0 Å². The van der Waals surface area contributed by atoms with E-state index in [-0.39, 0.29) is 0 Å². The molecular weight excluding hydrogens is 278 g/mol. The van der Waals surface area contributed by atoms with Crippen molar-refractivity contribution in [1.82, 2.24) is 4.98 Å². The van der Waals surface area contributed by atoms with E-state index >= 15 is 0 Å². The van der Waals surface area contributed by atoms with Gasteiger partial charge in [0.2, 0.25) is 0 Å². The van der Waals surface area contributed by atoms with Crippen molar-refractivity contribution in [3.8, 4) is 5.75 Å². The molecule has 3 heteroatoms. The van der Waals surface area contributed by atoms with Crippen LogP contribution in [-0.2, 0) is 0 Å². The number of hydrogen-bond donors (Lipinski definition) is 0. The second-order valence-corrected chi connectivity index (χ2v) is 5.06. The molecule has 0 aliphatic rings. The van der Waals surface area contributed by atoms with Gasteiger partial charge in [0.1, 0.15) is 10.4 Å². The normalized spacial score (nSPS) is 11.1. The summed E-state index contributed by atoms with van der Waals surface area (Å²) in [5.74, 6) is 1.36. The van der Waals surface area contributed by atoms with Crippen LogP contribution in [0, 0.1) is 0 Å². The zero-order chi connectivity index (χ0) is 12.4. The highest BCUT2D eigenvalue weighted by molar-refractivity contribution is 9.10. The number of hydrogen-bond acceptors (Lipinski definition) is 2. The number of pyridine rings is 1. The fourth-order valence-electron chi connectivity index (χ4n) is 1.81. The third kappa shape index (κ3) is 2.60. The van der Waals surface area contributed by atoms with Crippen LogP contribution in [-0.4, -0.2) is 11.6 Å². The Balaban J connectivity index is 2.56. The minimum Gasteiger partial charge on any atom is -0.494 e. The molecule has 0 spiro atoms. The Kier molecular flexibility index (Phi) is 3.67. The van der Waals surface area contributed by atoms with Crippen molar-refractivity contribution in [2.75, 3.05) is 6.61 Å². The summed E-state index contributed by atoms with van der Waals surface area (Å²) >= 11 is 3.52. The molecule has 2 aromatic rings. The van der Waals surface area contributed by atoms with Gasteiger partial charge >= 0.3 is 0 Å².